The number of carbonyl (C=O) groups is 2. The Bertz CT molecular complexity index is 1250. The monoisotopic (exact) mass is 493 g/mol. The molecule has 0 saturated carbocycles. The summed E-state index contributed by atoms with van der Waals surface area (Å²) in [5, 5.41) is 12.9. The molecule has 2 amide bonds. The SMILES string of the molecule is CCC(C)NC(=O)c1ccccc1NS(=O)(=O)c1nnc(NC(=O)c2ccccc2Cl)s1. The fraction of sp³-hybridized carbons (Fsp3) is 0.200. The van der Waals surface area contributed by atoms with Crippen molar-refractivity contribution in [1.82, 2.24) is 15.5 Å². The Balaban J connectivity index is 1.78. The van der Waals surface area contributed by atoms with E-state index in [1.165, 1.54) is 18.2 Å². The smallest absolute Gasteiger partial charge is 0.291 e. The third-order valence-corrected chi connectivity index (χ3v) is 7.28. The first-order valence-corrected chi connectivity index (χ1v) is 12.2. The third-order valence-electron chi connectivity index (χ3n) is 4.38. The molecule has 1 atom stereocenters. The van der Waals surface area contributed by atoms with Crippen molar-refractivity contribution in [3.8, 4) is 0 Å². The van der Waals surface area contributed by atoms with Crippen molar-refractivity contribution >= 4 is 55.6 Å². The molecule has 1 unspecified atom stereocenters. The van der Waals surface area contributed by atoms with Gasteiger partial charge in [-0.1, -0.05) is 54.1 Å². The van der Waals surface area contributed by atoms with E-state index in [0.29, 0.717) is 11.3 Å². The number of sulfonamides is 1. The Morgan fingerprint density at radius 1 is 1.03 bits per heavy atom. The Kier molecular flexibility index (Phi) is 7.44. The van der Waals surface area contributed by atoms with Crippen LogP contribution in [0.15, 0.2) is 52.9 Å². The molecule has 0 bridgehead atoms. The molecule has 0 aliphatic rings. The van der Waals surface area contributed by atoms with Crippen LogP contribution in [0.1, 0.15) is 41.0 Å². The van der Waals surface area contributed by atoms with Gasteiger partial charge in [-0.15, -0.1) is 10.2 Å². The molecule has 0 radical (unpaired) electrons. The van der Waals surface area contributed by atoms with Gasteiger partial charge in [0.25, 0.3) is 26.2 Å². The zero-order chi connectivity index (χ0) is 23.3. The largest absolute Gasteiger partial charge is 0.350 e. The number of hydrogen-bond donors (Lipinski definition) is 3. The predicted octanol–water partition coefficient (Wildman–Crippen LogP) is 3.77. The number of para-hydroxylation sites is 1. The third kappa shape index (κ3) is 5.61. The summed E-state index contributed by atoms with van der Waals surface area (Å²) < 4.78 is 27.6. The van der Waals surface area contributed by atoms with Gasteiger partial charge in [0, 0.05) is 6.04 Å². The lowest BCUT2D eigenvalue weighted by molar-refractivity contribution is 0.0939. The van der Waals surface area contributed by atoms with Crippen molar-refractivity contribution in [3.05, 3.63) is 64.7 Å². The van der Waals surface area contributed by atoms with Crippen molar-refractivity contribution in [2.45, 2.75) is 30.6 Å². The molecule has 3 rings (SSSR count). The first-order chi connectivity index (χ1) is 15.2. The van der Waals surface area contributed by atoms with Crippen molar-refractivity contribution in [1.29, 1.82) is 0 Å². The minimum atomic E-state index is -4.15. The molecule has 0 fully saturated rings. The minimum absolute atomic E-state index is 0.0157. The molecule has 0 saturated heterocycles. The van der Waals surface area contributed by atoms with Crippen molar-refractivity contribution in [2.75, 3.05) is 10.0 Å². The van der Waals surface area contributed by atoms with E-state index in [1.54, 1.807) is 30.3 Å². The zero-order valence-electron chi connectivity index (χ0n) is 17.1. The van der Waals surface area contributed by atoms with Crippen molar-refractivity contribution in [3.63, 3.8) is 0 Å². The molecule has 0 aliphatic heterocycles. The van der Waals surface area contributed by atoms with Crippen LogP contribution in [-0.2, 0) is 10.0 Å². The number of benzene rings is 2. The van der Waals surface area contributed by atoms with Gasteiger partial charge in [-0.25, -0.2) is 0 Å². The highest BCUT2D eigenvalue weighted by molar-refractivity contribution is 7.94. The van der Waals surface area contributed by atoms with Gasteiger partial charge < -0.3 is 5.32 Å². The number of halogens is 1. The van der Waals surface area contributed by atoms with Crippen molar-refractivity contribution in [2.24, 2.45) is 0 Å². The molecule has 32 heavy (non-hydrogen) atoms. The van der Waals surface area contributed by atoms with Crippen LogP contribution in [0.3, 0.4) is 0 Å². The minimum Gasteiger partial charge on any atom is -0.350 e. The molecule has 3 N–H and O–H groups in total. The summed E-state index contributed by atoms with van der Waals surface area (Å²) in [4.78, 5) is 24.9. The van der Waals surface area contributed by atoms with Gasteiger partial charge in [-0.3, -0.25) is 19.6 Å². The Labute approximate surface area is 194 Å². The Hall–Kier alpha value is -3.02. The lowest BCUT2D eigenvalue weighted by Gasteiger charge is -2.14. The second-order valence-corrected chi connectivity index (χ2v) is 9.98. The van der Waals surface area contributed by atoms with Gasteiger partial charge in [0.2, 0.25) is 5.13 Å². The van der Waals surface area contributed by atoms with Crippen LogP contribution in [0, 0.1) is 0 Å². The number of carbonyl (C=O) groups excluding carboxylic acids is 2. The normalized spacial score (nSPS) is 12.1. The van der Waals surface area contributed by atoms with E-state index in [9.17, 15) is 18.0 Å². The van der Waals surface area contributed by atoms with Crippen LogP contribution in [0.2, 0.25) is 5.02 Å². The van der Waals surface area contributed by atoms with Gasteiger partial charge in [0.15, 0.2) is 0 Å². The standard InChI is InChI=1S/C20H20ClN5O4S2/c1-3-12(2)22-18(28)14-9-5-7-11-16(14)26-32(29,30)20-25-24-19(31-20)23-17(27)13-8-4-6-10-15(13)21/h4-12,26H,3H2,1-2H3,(H,22,28)(H,23,24,27). The highest BCUT2D eigenvalue weighted by Gasteiger charge is 2.24. The topological polar surface area (TPSA) is 130 Å². The second-order valence-electron chi connectivity index (χ2n) is 6.74. The molecule has 2 aromatic carbocycles. The predicted molar refractivity (Wildman–Crippen MR) is 124 cm³/mol. The summed E-state index contributed by atoms with van der Waals surface area (Å²) in [5.74, 6) is -0.946. The van der Waals surface area contributed by atoms with Crippen LogP contribution in [0.5, 0.6) is 0 Å². The van der Waals surface area contributed by atoms with Crippen LogP contribution in [-0.4, -0.2) is 36.5 Å². The van der Waals surface area contributed by atoms with E-state index in [0.717, 1.165) is 6.42 Å². The maximum absolute atomic E-state index is 12.8. The second kappa shape index (κ2) is 10.1. The molecule has 168 valence electrons. The fourth-order valence-corrected chi connectivity index (χ4v) is 4.74. The maximum atomic E-state index is 12.8. The van der Waals surface area contributed by atoms with Gasteiger partial charge >= 0.3 is 0 Å². The average molecular weight is 494 g/mol. The van der Waals surface area contributed by atoms with Gasteiger partial charge in [0.05, 0.1) is 21.8 Å². The summed E-state index contributed by atoms with van der Waals surface area (Å²) in [6, 6.07) is 12.6. The highest BCUT2D eigenvalue weighted by atomic mass is 35.5. The molecule has 9 nitrogen and oxygen atoms in total. The van der Waals surface area contributed by atoms with Crippen LogP contribution in [0.4, 0.5) is 10.8 Å². The summed E-state index contributed by atoms with van der Waals surface area (Å²) in [6.07, 6.45) is 0.729. The van der Waals surface area contributed by atoms with E-state index in [-0.39, 0.29) is 37.3 Å². The lowest BCUT2D eigenvalue weighted by Crippen LogP contribution is -2.32. The number of anilines is 2. The molecule has 0 aliphatic carbocycles. The summed E-state index contributed by atoms with van der Waals surface area (Å²) in [6.45, 7) is 3.78. The first-order valence-electron chi connectivity index (χ1n) is 9.53. The number of hydrogen-bond acceptors (Lipinski definition) is 7. The summed E-state index contributed by atoms with van der Waals surface area (Å²) in [5.41, 5.74) is 0.492. The van der Waals surface area contributed by atoms with Gasteiger partial charge in [-0.2, -0.15) is 8.42 Å². The quantitative estimate of drug-likeness (QED) is 0.409. The molecule has 12 heteroatoms. The molecule has 1 heterocycles. The van der Waals surface area contributed by atoms with E-state index < -0.39 is 21.8 Å². The first kappa shape index (κ1) is 23.6. The summed E-state index contributed by atoms with van der Waals surface area (Å²) in [7, 11) is -4.15. The van der Waals surface area contributed by atoms with Gasteiger partial charge in [0.1, 0.15) is 0 Å². The van der Waals surface area contributed by atoms with E-state index in [2.05, 4.69) is 25.6 Å². The number of nitrogens with one attached hydrogen (secondary N) is 3. The fourth-order valence-electron chi connectivity index (χ4n) is 2.54. The summed E-state index contributed by atoms with van der Waals surface area (Å²) >= 11 is 6.67. The van der Waals surface area contributed by atoms with E-state index in [4.69, 9.17) is 11.6 Å². The zero-order valence-corrected chi connectivity index (χ0v) is 19.5. The lowest BCUT2D eigenvalue weighted by atomic mass is 10.1. The maximum Gasteiger partial charge on any atom is 0.291 e. The van der Waals surface area contributed by atoms with Crippen LogP contribution >= 0.6 is 22.9 Å². The molecular formula is C20H20ClN5O4S2. The molecule has 3 aromatic rings. The van der Waals surface area contributed by atoms with E-state index >= 15 is 0 Å². The molecule has 0 spiro atoms. The number of nitrogens with zero attached hydrogens (tertiary/aromatic N) is 2. The van der Waals surface area contributed by atoms with Gasteiger partial charge in [-0.05, 0) is 37.6 Å². The number of rotatable bonds is 8. The Morgan fingerprint density at radius 3 is 2.38 bits per heavy atom. The van der Waals surface area contributed by atoms with Crippen LogP contribution in [0.25, 0.3) is 0 Å². The molecule has 1 aromatic heterocycles. The number of aromatic nitrogens is 2. The number of amides is 2. The molecular weight excluding hydrogens is 474 g/mol. The van der Waals surface area contributed by atoms with Crippen molar-refractivity contribution < 1.29 is 18.0 Å². The van der Waals surface area contributed by atoms with Crippen LogP contribution < -0.4 is 15.4 Å². The average Bonchev–Trinajstić information content (AvgIpc) is 3.23. The van der Waals surface area contributed by atoms with E-state index in [1.807, 2.05) is 13.8 Å². The Morgan fingerprint density at radius 2 is 1.69 bits per heavy atom. The highest BCUT2D eigenvalue weighted by Crippen LogP contribution is 2.25.